The van der Waals surface area contributed by atoms with Gasteiger partial charge in [-0.1, -0.05) is 6.07 Å². The first-order chi connectivity index (χ1) is 8.16. The maximum atomic E-state index is 13.4. The number of hydrogen-bond acceptors (Lipinski definition) is 2. The Morgan fingerprint density at radius 3 is 2.88 bits per heavy atom. The van der Waals surface area contributed by atoms with E-state index in [1.54, 1.807) is 12.1 Å². The van der Waals surface area contributed by atoms with Gasteiger partial charge in [-0.05, 0) is 18.2 Å². The zero-order chi connectivity index (χ0) is 12.0. The van der Waals surface area contributed by atoms with Gasteiger partial charge >= 0.3 is 5.97 Å². The third kappa shape index (κ3) is 1.36. The molecule has 1 aromatic carbocycles. The fourth-order valence-electron chi connectivity index (χ4n) is 1.93. The molecule has 5 heteroatoms. The van der Waals surface area contributed by atoms with Crippen LogP contribution < -0.4 is 0 Å². The first kappa shape index (κ1) is 9.77. The fourth-order valence-corrected chi connectivity index (χ4v) is 1.93. The van der Waals surface area contributed by atoms with Gasteiger partial charge in [0.15, 0.2) is 0 Å². The summed E-state index contributed by atoms with van der Waals surface area (Å²) in [5.41, 5.74) is 1.05. The molecule has 0 aliphatic carbocycles. The van der Waals surface area contributed by atoms with Crippen molar-refractivity contribution in [2.24, 2.45) is 0 Å². The van der Waals surface area contributed by atoms with Crippen molar-refractivity contribution in [3.05, 3.63) is 42.0 Å². The molecule has 0 saturated carbocycles. The number of carboxylic acid groups (broad SMARTS) is 1. The summed E-state index contributed by atoms with van der Waals surface area (Å²) >= 11 is 0. The summed E-state index contributed by atoms with van der Waals surface area (Å²) in [6, 6.07) is 6.34. The molecular weight excluding hydrogens is 223 g/mol. The lowest BCUT2D eigenvalue weighted by molar-refractivity contribution is 0.0697. The molecular formula is C12H7FN2O2. The van der Waals surface area contributed by atoms with E-state index in [9.17, 15) is 9.18 Å². The molecule has 0 fully saturated rings. The van der Waals surface area contributed by atoms with Crippen LogP contribution in [-0.2, 0) is 0 Å². The van der Waals surface area contributed by atoms with Gasteiger partial charge in [-0.15, -0.1) is 0 Å². The second-order valence-corrected chi connectivity index (χ2v) is 3.71. The zero-order valence-electron chi connectivity index (χ0n) is 8.57. The van der Waals surface area contributed by atoms with Crippen LogP contribution in [0.1, 0.15) is 10.4 Å². The summed E-state index contributed by atoms with van der Waals surface area (Å²) in [7, 11) is 0. The van der Waals surface area contributed by atoms with E-state index in [4.69, 9.17) is 5.11 Å². The molecule has 0 radical (unpaired) electrons. The van der Waals surface area contributed by atoms with Crippen LogP contribution in [0.3, 0.4) is 0 Å². The summed E-state index contributed by atoms with van der Waals surface area (Å²) in [5, 5.41) is 10.4. The predicted octanol–water partition coefficient (Wildman–Crippen LogP) is 2.55. The number of aromatic amines is 1. The first-order valence-corrected chi connectivity index (χ1v) is 4.96. The van der Waals surface area contributed by atoms with Crippen molar-refractivity contribution >= 4 is 27.8 Å². The van der Waals surface area contributed by atoms with Crippen molar-refractivity contribution in [1.29, 1.82) is 0 Å². The van der Waals surface area contributed by atoms with Gasteiger partial charge in [0.25, 0.3) is 0 Å². The van der Waals surface area contributed by atoms with E-state index < -0.39 is 11.9 Å². The van der Waals surface area contributed by atoms with Crippen molar-refractivity contribution in [2.75, 3.05) is 0 Å². The minimum absolute atomic E-state index is 0.164. The largest absolute Gasteiger partial charge is 0.478 e. The molecule has 0 amide bonds. The van der Waals surface area contributed by atoms with Crippen LogP contribution in [0, 0.1) is 5.95 Å². The number of benzene rings is 1. The van der Waals surface area contributed by atoms with Gasteiger partial charge in [-0.2, -0.15) is 4.39 Å². The van der Waals surface area contributed by atoms with Gasteiger partial charge in [-0.25, -0.2) is 9.78 Å². The number of aromatic carboxylic acids is 1. The molecule has 0 aliphatic rings. The van der Waals surface area contributed by atoms with Gasteiger partial charge in [0.2, 0.25) is 5.95 Å². The van der Waals surface area contributed by atoms with E-state index in [0.29, 0.717) is 16.4 Å². The third-order valence-electron chi connectivity index (χ3n) is 2.72. The van der Waals surface area contributed by atoms with Crippen molar-refractivity contribution in [3.8, 4) is 0 Å². The molecule has 4 nitrogen and oxygen atoms in total. The van der Waals surface area contributed by atoms with Crippen LogP contribution in [0.5, 0.6) is 0 Å². The minimum atomic E-state index is -1.01. The van der Waals surface area contributed by atoms with E-state index in [2.05, 4.69) is 9.97 Å². The van der Waals surface area contributed by atoms with E-state index in [1.807, 2.05) is 0 Å². The molecule has 84 valence electrons. The Labute approximate surface area is 94.7 Å². The lowest BCUT2D eigenvalue weighted by atomic mass is 10.1. The molecule has 0 atom stereocenters. The highest BCUT2D eigenvalue weighted by atomic mass is 19.1. The lowest BCUT2D eigenvalue weighted by Gasteiger charge is -1.94. The van der Waals surface area contributed by atoms with Gasteiger partial charge in [0.05, 0.1) is 5.56 Å². The zero-order valence-corrected chi connectivity index (χ0v) is 8.57. The number of halogens is 1. The Balaban J connectivity index is 2.43. The maximum absolute atomic E-state index is 13.4. The predicted molar refractivity (Wildman–Crippen MR) is 60.5 cm³/mol. The molecule has 0 spiro atoms. The molecule has 3 aromatic rings. The molecule has 3 rings (SSSR count). The number of fused-ring (bicyclic) bond motifs is 3. The highest BCUT2D eigenvalue weighted by Crippen LogP contribution is 2.26. The Bertz CT molecular complexity index is 749. The number of carbonyl (C=O) groups is 1. The Morgan fingerprint density at radius 1 is 1.29 bits per heavy atom. The molecule has 0 aliphatic heterocycles. The summed E-state index contributed by atoms with van der Waals surface area (Å²) in [5.74, 6) is -1.60. The van der Waals surface area contributed by atoms with Gasteiger partial charge in [-0.3, -0.25) is 0 Å². The number of H-pyrrole nitrogens is 1. The number of aromatic nitrogens is 2. The summed E-state index contributed by atoms with van der Waals surface area (Å²) in [6.07, 6.45) is 1.38. The molecule has 2 N–H and O–H groups in total. The highest BCUT2D eigenvalue weighted by Gasteiger charge is 2.10. The molecule has 2 heterocycles. The highest BCUT2D eigenvalue weighted by molar-refractivity contribution is 6.08. The molecule has 2 aromatic heterocycles. The molecule has 17 heavy (non-hydrogen) atoms. The van der Waals surface area contributed by atoms with Crippen LogP contribution in [0.25, 0.3) is 21.8 Å². The van der Waals surface area contributed by atoms with E-state index in [0.717, 1.165) is 5.39 Å². The second-order valence-electron chi connectivity index (χ2n) is 3.71. The van der Waals surface area contributed by atoms with Crippen LogP contribution in [0.2, 0.25) is 0 Å². The van der Waals surface area contributed by atoms with Crippen molar-refractivity contribution < 1.29 is 14.3 Å². The number of pyridine rings is 1. The summed E-state index contributed by atoms with van der Waals surface area (Å²) < 4.78 is 13.4. The standard InChI is InChI=1S/C12H7FN2O2/c13-11-10-8(3-4-14-11)7-2-1-6(12(16)17)5-9(7)15-10/h1-5,15H,(H,16,17). The molecule has 0 unspecified atom stereocenters. The smallest absolute Gasteiger partial charge is 0.335 e. The minimum Gasteiger partial charge on any atom is -0.478 e. The van der Waals surface area contributed by atoms with Gasteiger partial charge in [0.1, 0.15) is 5.52 Å². The Morgan fingerprint density at radius 2 is 2.12 bits per heavy atom. The van der Waals surface area contributed by atoms with Crippen LogP contribution in [-0.4, -0.2) is 21.0 Å². The second kappa shape index (κ2) is 3.28. The third-order valence-corrected chi connectivity index (χ3v) is 2.72. The fraction of sp³-hybridized carbons (Fsp3) is 0. The van der Waals surface area contributed by atoms with Gasteiger partial charge < -0.3 is 10.1 Å². The van der Waals surface area contributed by atoms with Crippen LogP contribution in [0.15, 0.2) is 30.5 Å². The van der Waals surface area contributed by atoms with Crippen molar-refractivity contribution in [1.82, 2.24) is 9.97 Å². The van der Waals surface area contributed by atoms with Crippen molar-refractivity contribution in [3.63, 3.8) is 0 Å². The lowest BCUT2D eigenvalue weighted by Crippen LogP contribution is -1.94. The topological polar surface area (TPSA) is 66.0 Å². The number of carboxylic acids is 1. The molecule has 0 saturated heterocycles. The Kier molecular flexibility index (Phi) is 1.89. The average Bonchev–Trinajstić information content (AvgIpc) is 2.68. The van der Waals surface area contributed by atoms with Gasteiger partial charge in [0, 0.05) is 22.5 Å². The quantitative estimate of drug-likeness (QED) is 0.631. The number of rotatable bonds is 1. The average molecular weight is 230 g/mol. The maximum Gasteiger partial charge on any atom is 0.335 e. The SMILES string of the molecule is O=C(O)c1ccc2c(c1)[nH]c1c(F)nccc12. The summed E-state index contributed by atoms with van der Waals surface area (Å²) in [6.45, 7) is 0. The number of nitrogens with one attached hydrogen (secondary N) is 1. The monoisotopic (exact) mass is 230 g/mol. The van der Waals surface area contributed by atoms with E-state index in [1.165, 1.54) is 18.3 Å². The Hall–Kier alpha value is -2.43. The summed E-state index contributed by atoms with van der Waals surface area (Å²) in [4.78, 5) is 17.2. The molecule has 0 bridgehead atoms. The van der Waals surface area contributed by atoms with E-state index >= 15 is 0 Å². The van der Waals surface area contributed by atoms with Crippen LogP contribution >= 0.6 is 0 Å². The van der Waals surface area contributed by atoms with Crippen LogP contribution in [0.4, 0.5) is 4.39 Å². The van der Waals surface area contributed by atoms with Crippen molar-refractivity contribution in [2.45, 2.75) is 0 Å². The van der Waals surface area contributed by atoms with E-state index in [-0.39, 0.29) is 5.56 Å². The normalized spacial score (nSPS) is 11.1. The number of hydrogen-bond donors (Lipinski definition) is 2. The number of nitrogens with zero attached hydrogens (tertiary/aromatic N) is 1. The first-order valence-electron chi connectivity index (χ1n) is 4.96.